The van der Waals surface area contributed by atoms with Gasteiger partial charge in [0.2, 0.25) is 10.0 Å². The molecule has 18 heavy (non-hydrogen) atoms. The molecule has 2 unspecified atom stereocenters. The SMILES string of the molecule is CCCCC(NS(=O)(=O)CC1CCCO1)C(=O)O. The van der Waals surface area contributed by atoms with Crippen molar-refractivity contribution in [3.05, 3.63) is 0 Å². The molecule has 7 heteroatoms. The first kappa shape index (κ1) is 15.4. The van der Waals surface area contributed by atoms with E-state index < -0.39 is 22.0 Å². The molecular formula is C11H21NO5S. The molecule has 0 amide bonds. The number of hydrogen-bond donors (Lipinski definition) is 2. The number of nitrogens with one attached hydrogen (secondary N) is 1. The van der Waals surface area contributed by atoms with E-state index in [1.807, 2.05) is 6.92 Å². The topological polar surface area (TPSA) is 92.7 Å². The first-order valence-corrected chi connectivity index (χ1v) is 7.94. The molecule has 1 heterocycles. The highest BCUT2D eigenvalue weighted by atomic mass is 32.2. The van der Waals surface area contributed by atoms with Crippen molar-refractivity contribution in [1.82, 2.24) is 4.72 Å². The number of unbranched alkanes of at least 4 members (excludes halogenated alkanes) is 1. The molecule has 0 saturated carbocycles. The number of carboxylic acid groups (broad SMARTS) is 1. The van der Waals surface area contributed by atoms with Crippen LogP contribution in [0.1, 0.15) is 39.0 Å². The van der Waals surface area contributed by atoms with Gasteiger partial charge >= 0.3 is 5.97 Å². The summed E-state index contributed by atoms with van der Waals surface area (Å²) >= 11 is 0. The molecule has 1 fully saturated rings. The highest BCUT2D eigenvalue weighted by Gasteiger charge is 2.27. The first-order valence-electron chi connectivity index (χ1n) is 6.29. The molecule has 0 bridgehead atoms. The number of carboxylic acids is 1. The van der Waals surface area contributed by atoms with Gasteiger partial charge in [0.15, 0.2) is 0 Å². The lowest BCUT2D eigenvalue weighted by molar-refractivity contribution is -0.139. The van der Waals surface area contributed by atoms with Gasteiger partial charge in [-0.1, -0.05) is 19.8 Å². The second-order valence-corrected chi connectivity index (χ2v) is 6.37. The van der Waals surface area contributed by atoms with E-state index in [9.17, 15) is 13.2 Å². The summed E-state index contributed by atoms with van der Waals surface area (Å²) in [5, 5.41) is 8.97. The zero-order valence-corrected chi connectivity index (χ0v) is 11.4. The molecule has 1 rings (SSSR count). The van der Waals surface area contributed by atoms with Gasteiger partial charge in [0.1, 0.15) is 6.04 Å². The smallest absolute Gasteiger partial charge is 0.321 e. The molecular weight excluding hydrogens is 258 g/mol. The van der Waals surface area contributed by atoms with E-state index in [1.54, 1.807) is 0 Å². The monoisotopic (exact) mass is 279 g/mol. The van der Waals surface area contributed by atoms with Crippen molar-refractivity contribution in [3.8, 4) is 0 Å². The Morgan fingerprint density at radius 3 is 2.78 bits per heavy atom. The standard InChI is InChI=1S/C11H21NO5S/c1-2-3-6-10(11(13)14)12-18(15,16)8-9-5-4-7-17-9/h9-10,12H,2-8H2,1H3,(H,13,14). The lowest BCUT2D eigenvalue weighted by Crippen LogP contribution is -2.43. The minimum Gasteiger partial charge on any atom is -0.480 e. The van der Waals surface area contributed by atoms with Crippen molar-refractivity contribution in [3.63, 3.8) is 0 Å². The van der Waals surface area contributed by atoms with E-state index in [0.717, 1.165) is 12.8 Å². The third-order valence-corrected chi connectivity index (χ3v) is 4.35. The third kappa shape index (κ3) is 5.32. The normalized spacial score (nSPS) is 21.9. The summed E-state index contributed by atoms with van der Waals surface area (Å²) < 4.78 is 31.1. The Kier molecular flexibility index (Phi) is 6.04. The molecule has 1 aliphatic heterocycles. The van der Waals surface area contributed by atoms with Gasteiger partial charge in [-0.15, -0.1) is 0 Å². The van der Waals surface area contributed by atoms with Crippen molar-refractivity contribution >= 4 is 16.0 Å². The van der Waals surface area contributed by atoms with Crippen LogP contribution in [0.2, 0.25) is 0 Å². The van der Waals surface area contributed by atoms with E-state index in [0.29, 0.717) is 25.9 Å². The molecule has 0 spiro atoms. The van der Waals surface area contributed by atoms with Gasteiger partial charge < -0.3 is 9.84 Å². The van der Waals surface area contributed by atoms with Crippen LogP contribution in [0, 0.1) is 0 Å². The maximum absolute atomic E-state index is 11.8. The van der Waals surface area contributed by atoms with Crippen LogP contribution in [-0.2, 0) is 19.6 Å². The van der Waals surface area contributed by atoms with Crippen LogP contribution in [0.4, 0.5) is 0 Å². The molecule has 106 valence electrons. The van der Waals surface area contributed by atoms with E-state index in [1.165, 1.54) is 0 Å². The second kappa shape index (κ2) is 7.06. The van der Waals surface area contributed by atoms with Crippen molar-refractivity contribution < 1.29 is 23.1 Å². The summed E-state index contributed by atoms with van der Waals surface area (Å²) in [4.78, 5) is 11.0. The Labute approximate surface area is 108 Å². The fourth-order valence-corrected chi connectivity index (χ4v) is 3.43. The number of aliphatic carboxylic acids is 1. The third-order valence-electron chi connectivity index (χ3n) is 2.90. The van der Waals surface area contributed by atoms with Crippen LogP contribution in [0.5, 0.6) is 0 Å². The van der Waals surface area contributed by atoms with E-state index in [2.05, 4.69) is 4.72 Å². The number of hydrogen-bond acceptors (Lipinski definition) is 4. The van der Waals surface area contributed by atoms with Crippen LogP contribution in [0.3, 0.4) is 0 Å². The summed E-state index contributed by atoms with van der Waals surface area (Å²) in [6.07, 6.45) is 3.10. The van der Waals surface area contributed by atoms with Gasteiger partial charge in [-0.3, -0.25) is 4.79 Å². The molecule has 0 aromatic heterocycles. The molecule has 0 aromatic rings. The maximum atomic E-state index is 11.8. The highest BCUT2D eigenvalue weighted by molar-refractivity contribution is 7.89. The van der Waals surface area contributed by atoms with Gasteiger partial charge in [0, 0.05) is 6.61 Å². The van der Waals surface area contributed by atoms with Gasteiger partial charge in [-0.25, -0.2) is 13.1 Å². The van der Waals surface area contributed by atoms with Crippen molar-refractivity contribution in [2.75, 3.05) is 12.4 Å². The Morgan fingerprint density at radius 1 is 1.56 bits per heavy atom. The largest absolute Gasteiger partial charge is 0.480 e. The number of sulfonamides is 1. The van der Waals surface area contributed by atoms with Gasteiger partial charge in [0.25, 0.3) is 0 Å². The van der Waals surface area contributed by atoms with Crippen LogP contribution in [-0.4, -0.2) is 44.0 Å². The predicted molar refractivity (Wildman–Crippen MR) is 66.8 cm³/mol. The number of carbonyl (C=O) groups is 1. The zero-order valence-electron chi connectivity index (χ0n) is 10.6. The number of rotatable bonds is 8. The van der Waals surface area contributed by atoms with Crippen molar-refractivity contribution in [1.29, 1.82) is 0 Å². The van der Waals surface area contributed by atoms with Gasteiger partial charge in [0.05, 0.1) is 11.9 Å². The fraction of sp³-hybridized carbons (Fsp3) is 0.909. The minimum atomic E-state index is -3.60. The summed E-state index contributed by atoms with van der Waals surface area (Å²) in [5.41, 5.74) is 0. The Hall–Kier alpha value is -0.660. The van der Waals surface area contributed by atoms with Gasteiger partial charge in [-0.05, 0) is 19.3 Å². The summed E-state index contributed by atoms with van der Waals surface area (Å²) in [6.45, 7) is 2.51. The van der Waals surface area contributed by atoms with Crippen molar-refractivity contribution in [2.24, 2.45) is 0 Å². The molecule has 2 N–H and O–H groups in total. The molecule has 1 aliphatic rings. The quantitative estimate of drug-likeness (QED) is 0.683. The van der Waals surface area contributed by atoms with Crippen LogP contribution in [0.15, 0.2) is 0 Å². The minimum absolute atomic E-state index is 0.150. The molecule has 0 aromatic carbocycles. The highest BCUT2D eigenvalue weighted by Crippen LogP contribution is 2.14. The average Bonchev–Trinajstić information content (AvgIpc) is 2.75. The molecule has 0 aliphatic carbocycles. The Bertz CT molecular complexity index is 362. The van der Waals surface area contributed by atoms with E-state index >= 15 is 0 Å². The van der Waals surface area contributed by atoms with Crippen LogP contribution in [0.25, 0.3) is 0 Å². The average molecular weight is 279 g/mol. The lowest BCUT2D eigenvalue weighted by Gasteiger charge is -2.16. The Morgan fingerprint density at radius 2 is 2.28 bits per heavy atom. The lowest BCUT2D eigenvalue weighted by atomic mass is 10.1. The Balaban J connectivity index is 2.52. The zero-order chi connectivity index (χ0) is 13.6. The van der Waals surface area contributed by atoms with Crippen molar-refractivity contribution in [2.45, 2.75) is 51.2 Å². The molecule has 0 radical (unpaired) electrons. The predicted octanol–water partition coefficient (Wildman–Crippen LogP) is 0.728. The first-order chi connectivity index (χ1) is 8.44. The second-order valence-electron chi connectivity index (χ2n) is 4.57. The van der Waals surface area contributed by atoms with E-state index in [-0.39, 0.29) is 11.9 Å². The summed E-state index contributed by atoms with van der Waals surface area (Å²) in [7, 11) is -3.60. The maximum Gasteiger partial charge on any atom is 0.321 e. The van der Waals surface area contributed by atoms with E-state index in [4.69, 9.17) is 9.84 Å². The molecule has 1 saturated heterocycles. The van der Waals surface area contributed by atoms with Crippen LogP contribution < -0.4 is 4.72 Å². The van der Waals surface area contributed by atoms with Gasteiger partial charge in [-0.2, -0.15) is 0 Å². The summed E-state index contributed by atoms with van der Waals surface area (Å²) in [5.74, 6) is -1.28. The fourth-order valence-electron chi connectivity index (χ4n) is 1.93. The number of ether oxygens (including phenoxy) is 1. The van der Waals surface area contributed by atoms with Crippen LogP contribution >= 0.6 is 0 Å². The molecule has 2 atom stereocenters. The molecule has 6 nitrogen and oxygen atoms in total. The summed E-state index contributed by atoms with van der Waals surface area (Å²) in [6, 6.07) is -1.03.